The van der Waals surface area contributed by atoms with E-state index in [2.05, 4.69) is 39.7 Å². The van der Waals surface area contributed by atoms with Crippen molar-refractivity contribution in [3.05, 3.63) is 66.4 Å². The van der Waals surface area contributed by atoms with Gasteiger partial charge in [-0.25, -0.2) is 4.99 Å². The number of nitrogens with zero attached hydrogens (tertiary/aromatic N) is 2. The van der Waals surface area contributed by atoms with Crippen LogP contribution in [0.3, 0.4) is 0 Å². The molecule has 0 radical (unpaired) electrons. The molecule has 142 valence electrons. The first-order valence-corrected chi connectivity index (χ1v) is 9.31. The Hall–Kier alpha value is -2.86. The third kappa shape index (κ3) is 5.82. The lowest BCUT2D eigenvalue weighted by atomic mass is 10.1. The third-order valence-corrected chi connectivity index (χ3v) is 4.07. The van der Waals surface area contributed by atoms with E-state index in [1.165, 1.54) is 5.39 Å². The maximum atomic E-state index is 5.59. The Morgan fingerprint density at radius 2 is 2.07 bits per heavy atom. The molecule has 27 heavy (non-hydrogen) atoms. The molecule has 0 aliphatic carbocycles. The summed E-state index contributed by atoms with van der Waals surface area (Å²) < 4.78 is 10.8. The van der Waals surface area contributed by atoms with Crippen LogP contribution in [-0.4, -0.2) is 30.6 Å². The van der Waals surface area contributed by atoms with Gasteiger partial charge in [0.15, 0.2) is 5.96 Å². The highest BCUT2D eigenvalue weighted by atomic mass is 16.5. The summed E-state index contributed by atoms with van der Waals surface area (Å²) in [4.78, 5) is 9.16. The molecular weight excluding hydrogens is 340 g/mol. The zero-order valence-electron chi connectivity index (χ0n) is 15.6. The van der Waals surface area contributed by atoms with Crippen LogP contribution in [0.5, 0.6) is 0 Å². The Kier molecular flexibility index (Phi) is 7.24. The zero-order chi connectivity index (χ0) is 18.7. The van der Waals surface area contributed by atoms with E-state index in [0.717, 1.165) is 42.3 Å². The van der Waals surface area contributed by atoms with Crippen molar-refractivity contribution >= 4 is 16.7 Å². The fourth-order valence-electron chi connectivity index (χ4n) is 2.75. The second kappa shape index (κ2) is 10.3. The summed E-state index contributed by atoms with van der Waals surface area (Å²) in [6.07, 6.45) is 4.38. The zero-order valence-corrected chi connectivity index (χ0v) is 15.6. The molecule has 2 aromatic heterocycles. The topological polar surface area (TPSA) is 71.7 Å². The number of furan rings is 1. The predicted molar refractivity (Wildman–Crippen MR) is 108 cm³/mol. The number of aromatic nitrogens is 1. The lowest BCUT2D eigenvalue weighted by Gasteiger charge is -2.11. The maximum Gasteiger partial charge on any atom is 0.191 e. The van der Waals surface area contributed by atoms with E-state index >= 15 is 0 Å². The van der Waals surface area contributed by atoms with E-state index in [4.69, 9.17) is 9.15 Å². The molecule has 3 aromatic rings. The van der Waals surface area contributed by atoms with Crippen molar-refractivity contribution in [2.75, 3.05) is 19.7 Å². The smallest absolute Gasteiger partial charge is 0.191 e. The Bertz CT molecular complexity index is 841. The van der Waals surface area contributed by atoms with Crippen LogP contribution in [0.1, 0.15) is 24.8 Å². The molecule has 2 N–H and O–H groups in total. The number of fused-ring (bicyclic) bond motifs is 1. The Morgan fingerprint density at radius 3 is 2.93 bits per heavy atom. The van der Waals surface area contributed by atoms with Gasteiger partial charge in [-0.05, 0) is 36.9 Å². The minimum absolute atomic E-state index is 0.508. The van der Waals surface area contributed by atoms with Crippen molar-refractivity contribution in [1.29, 1.82) is 0 Å². The standard InChI is InChI=1S/C21H26N4O2/c1-2-22-21(24-11-6-13-26-16-18-8-5-14-27-18)25-15-20-19-9-4-3-7-17(19)10-12-23-20/h3-5,7-10,12,14H,2,6,11,13,15-16H2,1H3,(H2,22,24,25). The quantitative estimate of drug-likeness (QED) is 0.345. The number of pyridine rings is 1. The second-order valence-electron chi connectivity index (χ2n) is 6.09. The van der Waals surface area contributed by atoms with Gasteiger partial charge in [-0.2, -0.15) is 0 Å². The maximum absolute atomic E-state index is 5.59. The Morgan fingerprint density at radius 1 is 1.15 bits per heavy atom. The molecule has 0 bridgehead atoms. The molecule has 0 fully saturated rings. The average molecular weight is 366 g/mol. The van der Waals surface area contributed by atoms with Crippen molar-refractivity contribution in [2.24, 2.45) is 4.99 Å². The van der Waals surface area contributed by atoms with Gasteiger partial charge in [-0.1, -0.05) is 24.3 Å². The molecule has 0 amide bonds. The first-order chi connectivity index (χ1) is 13.4. The predicted octanol–water partition coefficient (Wildman–Crippen LogP) is 3.49. The minimum atomic E-state index is 0.508. The third-order valence-electron chi connectivity index (χ3n) is 4.07. The largest absolute Gasteiger partial charge is 0.467 e. The van der Waals surface area contributed by atoms with E-state index in [-0.39, 0.29) is 0 Å². The molecule has 0 saturated carbocycles. The van der Waals surface area contributed by atoms with Crippen LogP contribution in [0.4, 0.5) is 0 Å². The van der Waals surface area contributed by atoms with Crippen molar-refractivity contribution < 1.29 is 9.15 Å². The summed E-state index contributed by atoms with van der Waals surface area (Å²) in [7, 11) is 0. The number of aliphatic imine (C=N–C) groups is 1. The second-order valence-corrected chi connectivity index (χ2v) is 6.09. The molecule has 0 atom stereocenters. The molecule has 6 nitrogen and oxygen atoms in total. The van der Waals surface area contributed by atoms with Gasteiger partial charge in [0.1, 0.15) is 12.4 Å². The normalized spacial score (nSPS) is 11.7. The number of benzene rings is 1. The first kappa shape index (κ1) is 18.9. The summed E-state index contributed by atoms with van der Waals surface area (Å²) in [5.41, 5.74) is 0.979. The summed E-state index contributed by atoms with van der Waals surface area (Å²) >= 11 is 0. The number of ether oxygens (including phenoxy) is 1. The number of hydrogen-bond acceptors (Lipinski definition) is 4. The fourth-order valence-corrected chi connectivity index (χ4v) is 2.75. The van der Waals surface area contributed by atoms with Gasteiger partial charge in [-0.3, -0.25) is 4.98 Å². The molecule has 3 rings (SSSR count). The summed E-state index contributed by atoms with van der Waals surface area (Å²) in [6.45, 7) is 5.36. The van der Waals surface area contributed by atoms with Gasteiger partial charge in [-0.15, -0.1) is 0 Å². The molecule has 0 unspecified atom stereocenters. The van der Waals surface area contributed by atoms with Gasteiger partial charge in [0.25, 0.3) is 0 Å². The average Bonchev–Trinajstić information content (AvgIpc) is 3.22. The monoisotopic (exact) mass is 366 g/mol. The van der Waals surface area contributed by atoms with Gasteiger partial charge in [0.2, 0.25) is 0 Å². The molecule has 0 aliphatic heterocycles. The number of guanidine groups is 1. The lowest BCUT2D eigenvalue weighted by Crippen LogP contribution is -2.38. The van der Waals surface area contributed by atoms with E-state index in [1.54, 1.807) is 6.26 Å². The van der Waals surface area contributed by atoms with E-state index < -0.39 is 0 Å². The summed E-state index contributed by atoms with van der Waals surface area (Å²) in [5.74, 6) is 1.64. The van der Waals surface area contributed by atoms with Crippen LogP contribution >= 0.6 is 0 Å². The van der Waals surface area contributed by atoms with E-state index in [1.807, 2.05) is 36.5 Å². The summed E-state index contributed by atoms with van der Waals surface area (Å²) in [6, 6.07) is 14.0. The highest BCUT2D eigenvalue weighted by molar-refractivity contribution is 5.85. The van der Waals surface area contributed by atoms with Crippen LogP contribution in [-0.2, 0) is 17.9 Å². The molecule has 0 spiro atoms. The Labute approximate surface area is 159 Å². The molecule has 6 heteroatoms. The highest BCUT2D eigenvalue weighted by Crippen LogP contribution is 2.16. The van der Waals surface area contributed by atoms with Crippen molar-refractivity contribution in [3.8, 4) is 0 Å². The summed E-state index contributed by atoms with van der Waals surface area (Å²) in [5, 5.41) is 8.94. The van der Waals surface area contributed by atoms with E-state index in [9.17, 15) is 0 Å². The van der Waals surface area contributed by atoms with Gasteiger partial charge in [0, 0.05) is 31.3 Å². The van der Waals surface area contributed by atoms with Crippen LogP contribution < -0.4 is 10.6 Å². The van der Waals surface area contributed by atoms with Gasteiger partial charge >= 0.3 is 0 Å². The van der Waals surface area contributed by atoms with Crippen LogP contribution in [0.2, 0.25) is 0 Å². The van der Waals surface area contributed by atoms with Crippen LogP contribution in [0, 0.1) is 0 Å². The molecule has 0 saturated heterocycles. The van der Waals surface area contributed by atoms with Crippen molar-refractivity contribution in [3.63, 3.8) is 0 Å². The van der Waals surface area contributed by atoms with E-state index in [0.29, 0.717) is 19.8 Å². The van der Waals surface area contributed by atoms with Gasteiger partial charge < -0.3 is 19.8 Å². The fraction of sp³-hybridized carbons (Fsp3) is 0.333. The number of nitrogens with one attached hydrogen (secondary N) is 2. The lowest BCUT2D eigenvalue weighted by molar-refractivity contribution is 0.105. The minimum Gasteiger partial charge on any atom is -0.467 e. The van der Waals surface area contributed by atoms with Gasteiger partial charge in [0.05, 0.1) is 18.5 Å². The number of rotatable bonds is 9. The van der Waals surface area contributed by atoms with Crippen molar-refractivity contribution in [2.45, 2.75) is 26.5 Å². The van der Waals surface area contributed by atoms with Crippen LogP contribution in [0.15, 0.2) is 64.3 Å². The SMILES string of the molecule is CCNC(=NCc1nccc2ccccc12)NCCCOCc1ccco1. The molecule has 2 heterocycles. The Balaban J connectivity index is 1.47. The number of hydrogen-bond donors (Lipinski definition) is 2. The molecule has 0 aliphatic rings. The highest BCUT2D eigenvalue weighted by Gasteiger charge is 2.03. The van der Waals surface area contributed by atoms with Crippen molar-refractivity contribution in [1.82, 2.24) is 15.6 Å². The van der Waals surface area contributed by atoms with Crippen LogP contribution in [0.25, 0.3) is 10.8 Å². The molecule has 1 aromatic carbocycles. The molecular formula is C21H26N4O2. The first-order valence-electron chi connectivity index (χ1n) is 9.31.